The van der Waals surface area contributed by atoms with Gasteiger partial charge in [0.15, 0.2) is 13.2 Å². The quantitative estimate of drug-likeness (QED) is 0.631. The number of halogens is 1. The Balaban J connectivity index is 1.76. The molecule has 0 radical (unpaired) electrons. The second-order valence-corrected chi connectivity index (χ2v) is 8.15. The zero-order valence-electron chi connectivity index (χ0n) is 16.5. The molecule has 0 N–H and O–H groups in total. The number of hydrogen-bond acceptors (Lipinski definition) is 5. The van der Waals surface area contributed by atoms with Gasteiger partial charge in [0.1, 0.15) is 11.9 Å². The van der Waals surface area contributed by atoms with Crippen molar-refractivity contribution in [3.63, 3.8) is 0 Å². The minimum Gasteiger partial charge on any atom is -0.482 e. The van der Waals surface area contributed by atoms with Crippen molar-refractivity contribution in [2.45, 2.75) is 53.1 Å². The lowest BCUT2D eigenvalue weighted by atomic mass is 9.75. The zero-order valence-corrected chi connectivity index (χ0v) is 17.3. The van der Waals surface area contributed by atoms with E-state index in [9.17, 15) is 9.59 Å². The summed E-state index contributed by atoms with van der Waals surface area (Å²) in [4.78, 5) is 23.9. The fraction of sp³-hybridized carbons (Fsp3) is 0.619. The first-order chi connectivity index (χ1) is 12.8. The van der Waals surface area contributed by atoms with Crippen molar-refractivity contribution in [2.24, 2.45) is 17.8 Å². The molecule has 1 aromatic carbocycles. The van der Waals surface area contributed by atoms with E-state index in [0.717, 1.165) is 24.8 Å². The van der Waals surface area contributed by atoms with Crippen molar-refractivity contribution in [1.29, 1.82) is 0 Å². The molecule has 3 atom stereocenters. The van der Waals surface area contributed by atoms with Gasteiger partial charge in [-0.25, -0.2) is 9.59 Å². The van der Waals surface area contributed by atoms with Crippen LogP contribution < -0.4 is 4.74 Å². The molecule has 27 heavy (non-hydrogen) atoms. The van der Waals surface area contributed by atoms with Crippen LogP contribution in [0.25, 0.3) is 0 Å². The molecular formula is C21H29ClO5. The summed E-state index contributed by atoms with van der Waals surface area (Å²) in [5.74, 6) is 0.784. The Kier molecular flexibility index (Phi) is 7.96. The van der Waals surface area contributed by atoms with Crippen molar-refractivity contribution in [1.82, 2.24) is 0 Å². The van der Waals surface area contributed by atoms with E-state index in [2.05, 4.69) is 20.8 Å². The molecule has 0 amide bonds. The van der Waals surface area contributed by atoms with E-state index in [4.69, 9.17) is 25.8 Å². The number of hydrogen-bond donors (Lipinski definition) is 0. The zero-order chi connectivity index (χ0) is 20.0. The van der Waals surface area contributed by atoms with E-state index >= 15 is 0 Å². The van der Waals surface area contributed by atoms with Crippen LogP contribution in [0.5, 0.6) is 5.75 Å². The minimum atomic E-state index is -0.612. The van der Waals surface area contributed by atoms with Gasteiger partial charge in [-0.3, -0.25) is 0 Å². The average molecular weight is 397 g/mol. The van der Waals surface area contributed by atoms with E-state index in [-0.39, 0.29) is 12.7 Å². The van der Waals surface area contributed by atoms with Crippen LogP contribution in [0.1, 0.15) is 45.6 Å². The first kappa shape index (κ1) is 21.5. The molecule has 150 valence electrons. The monoisotopic (exact) mass is 396 g/mol. The highest BCUT2D eigenvalue weighted by atomic mass is 35.5. The summed E-state index contributed by atoms with van der Waals surface area (Å²) in [6, 6.07) is 5.12. The van der Waals surface area contributed by atoms with Crippen LogP contribution in [0.15, 0.2) is 18.2 Å². The first-order valence-electron chi connectivity index (χ1n) is 9.50. The number of ether oxygens (including phenoxy) is 3. The first-order valence-corrected chi connectivity index (χ1v) is 9.88. The standard InChI is InChI=1S/C21H29ClO5/c1-13(2)17-7-5-14(3)9-19(17)27-21(24)12-26-20(23)11-25-18-8-6-16(22)10-15(18)4/h6,8,10,13-14,17,19H,5,7,9,11-12H2,1-4H3/t14-,17+,19+/m0/s1. The summed E-state index contributed by atoms with van der Waals surface area (Å²) < 4.78 is 16.0. The molecular weight excluding hydrogens is 368 g/mol. The minimum absolute atomic E-state index is 0.104. The highest BCUT2D eigenvalue weighted by Crippen LogP contribution is 2.35. The smallest absolute Gasteiger partial charge is 0.344 e. The molecule has 0 aliphatic heterocycles. The molecule has 1 aromatic rings. The molecule has 6 heteroatoms. The van der Waals surface area contributed by atoms with Crippen molar-refractivity contribution >= 4 is 23.5 Å². The molecule has 5 nitrogen and oxygen atoms in total. The van der Waals surface area contributed by atoms with Crippen LogP contribution in [0.3, 0.4) is 0 Å². The lowest BCUT2D eigenvalue weighted by Crippen LogP contribution is -2.37. The van der Waals surface area contributed by atoms with Crippen LogP contribution >= 0.6 is 11.6 Å². The van der Waals surface area contributed by atoms with Gasteiger partial charge in [0.2, 0.25) is 0 Å². The maximum atomic E-state index is 12.1. The van der Waals surface area contributed by atoms with E-state index in [1.54, 1.807) is 18.2 Å². The molecule has 0 unspecified atom stereocenters. The Bertz CT molecular complexity index is 658. The summed E-state index contributed by atoms with van der Waals surface area (Å²) in [5, 5.41) is 0.599. The van der Waals surface area contributed by atoms with Gasteiger partial charge < -0.3 is 14.2 Å². The molecule has 1 fully saturated rings. The number of aryl methyl sites for hydroxylation is 1. The Labute approximate surface area is 166 Å². The lowest BCUT2D eigenvalue weighted by Gasteiger charge is -2.36. The molecule has 0 heterocycles. The van der Waals surface area contributed by atoms with Gasteiger partial charge in [0.05, 0.1) is 0 Å². The van der Waals surface area contributed by atoms with Crippen LogP contribution in [0, 0.1) is 24.7 Å². The number of rotatable bonds is 7. The number of esters is 2. The molecule has 0 spiro atoms. The van der Waals surface area contributed by atoms with Crippen LogP contribution in [0.4, 0.5) is 0 Å². The predicted octanol–water partition coefficient (Wildman–Crippen LogP) is 4.57. The highest BCUT2D eigenvalue weighted by molar-refractivity contribution is 6.30. The Hall–Kier alpha value is -1.75. The van der Waals surface area contributed by atoms with E-state index in [1.807, 2.05) is 6.92 Å². The number of carbonyl (C=O) groups excluding carboxylic acids is 2. The molecule has 1 aliphatic carbocycles. The molecule has 2 rings (SSSR count). The second-order valence-electron chi connectivity index (χ2n) is 7.71. The van der Waals surface area contributed by atoms with E-state index in [0.29, 0.717) is 28.5 Å². The normalized spacial score (nSPS) is 22.4. The fourth-order valence-corrected chi connectivity index (χ4v) is 3.77. The van der Waals surface area contributed by atoms with Crippen molar-refractivity contribution < 1.29 is 23.8 Å². The van der Waals surface area contributed by atoms with Crippen LogP contribution in [-0.4, -0.2) is 31.3 Å². The largest absolute Gasteiger partial charge is 0.482 e. The number of benzene rings is 1. The summed E-state index contributed by atoms with van der Waals surface area (Å²) in [7, 11) is 0. The van der Waals surface area contributed by atoms with Crippen molar-refractivity contribution in [3.8, 4) is 5.75 Å². The van der Waals surface area contributed by atoms with E-state index in [1.165, 1.54) is 0 Å². The van der Waals surface area contributed by atoms with E-state index < -0.39 is 18.5 Å². The lowest BCUT2D eigenvalue weighted by molar-refractivity contribution is -0.167. The third-order valence-electron chi connectivity index (χ3n) is 5.08. The molecule has 1 saturated carbocycles. The highest BCUT2D eigenvalue weighted by Gasteiger charge is 2.33. The molecule has 1 aliphatic rings. The van der Waals surface area contributed by atoms with Gasteiger partial charge in [0, 0.05) is 5.02 Å². The summed E-state index contributed by atoms with van der Waals surface area (Å²) in [6.07, 6.45) is 2.98. The maximum Gasteiger partial charge on any atom is 0.344 e. The van der Waals surface area contributed by atoms with Gasteiger partial charge in [-0.05, 0) is 61.3 Å². The summed E-state index contributed by atoms with van der Waals surface area (Å²) >= 11 is 5.88. The van der Waals surface area contributed by atoms with Crippen LogP contribution in [-0.2, 0) is 19.1 Å². The summed E-state index contributed by atoms with van der Waals surface area (Å²) in [5.41, 5.74) is 0.820. The Morgan fingerprint density at radius 2 is 1.93 bits per heavy atom. The van der Waals surface area contributed by atoms with Gasteiger partial charge in [-0.2, -0.15) is 0 Å². The Morgan fingerprint density at radius 3 is 2.59 bits per heavy atom. The predicted molar refractivity (Wildman–Crippen MR) is 104 cm³/mol. The molecule has 0 bridgehead atoms. The Morgan fingerprint density at radius 1 is 1.19 bits per heavy atom. The van der Waals surface area contributed by atoms with Gasteiger partial charge in [-0.1, -0.05) is 38.8 Å². The topological polar surface area (TPSA) is 61.8 Å². The number of carbonyl (C=O) groups is 2. The summed E-state index contributed by atoms with van der Waals surface area (Å²) in [6.45, 7) is 7.64. The second kappa shape index (κ2) is 9.98. The SMILES string of the molecule is Cc1cc(Cl)ccc1OCC(=O)OCC(=O)O[C@@H]1C[C@@H](C)CC[C@@H]1C(C)C. The van der Waals surface area contributed by atoms with Crippen LogP contribution in [0.2, 0.25) is 5.02 Å². The third-order valence-corrected chi connectivity index (χ3v) is 5.31. The molecule has 0 aromatic heterocycles. The van der Waals surface area contributed by atoms with Gasteiger partial charge >= 0.3 is 11.9 Å². The molecule has 0 saturated heterocycles. The third kappa shape index (κ3) is 6.73. The average Bonchev–Trinajstić information content (AvgIpc) is 2.59. The maximum absolute atomic E-state index is 12.1. The van der Waals surface area contributed by atoms with Crippen molar-refractivity contribution in [3.05, 3.63) is 28.8 Å². The fourth-order valence-electron chi connectivity index (χ4n) is 3.55. The van der Waals surface area contributed by atoms with Gasteiger partial charge in [0.25, 0.3) is 0 Å². The van der Waals surface area contributed by atoms with Gasteiger partial charge in [-0.15, -0.1) is 0 Å². The van der Waals surface area contributed by atoms with Crippen molar-refractivity contribution in [2.75, 3.05) is 13.2 Å².